The molecule has 3 aromatic rings. The summed E-state index contributed by atoms with van der Waals surface area (Å²) in [7, 11) is 0. The molecule has 1 aromatic heterocycles. The number of pyridine rings is 1. The summed E-state index contributed by atoms with van der Waals surface area (Å²) in [6.07, 6.45) is 3.51. The highest BCUT2D eigenvalue weighted by molar-refractivity contribution is 5.81. The molecule has 2 aromatic carbocycles. The number of aromatic hydroxyl groups is 1. The Morgan fingerprint density at radius 1 is 1.05 bits per heavy atom. The van der Waals surface area contributed by atoms with Crippen molar-refractivity contribution in [2.75, 3.05) is 0 Å². The van der Waals surface area contributed by atoms with Gasteiger partial charge in [-0.3, -0.25) is 10.1 Å². The number of nitro groups is 1. The number of aromatic nitrogens is 1. The molecule has 22 heavy (non-hydrogen) atoms. The third kappa shape index (κ3) is 2.78. The van der Waals surface area contributed by atoms with Crippen molar-refractivity contribution in [2.45, 2.75) is 0 Å². The molecule has 0 amide bonds. The topological polar surface area (TPSA) is 76.3 Å². The highest BCUT2D eigenvalue weighted by Crippen LogP contribution is 2.27. The second kappa shape index (κ2) is 5.65. The van der Waals surface area contributed by atoms with Gasteiger partial charge in [-0.1, -0.05) is 36.4 Å². The summed E-state index contributed by atoms with van der Waals surface area (Å²) >= 11 is 0. The van der Waals surface area contributed by atoms with Crippen molar-refractivity contribution in [3.8, 4) is 5.75 Å². The molecule has 5 heteroatoms. The van der Waals surface area contributed by atoms with Gasteiger partial charge in [0.2, 0.25) is 0 Å². The Bertz CT molecular complexity index is 888. The average Bonchev–Trinajstić information content (AvgIpc) is 2.53. The maximum Gasteiger partial charge on any atom is 0.311 e. The van der Waals surface area contributed by atoms with E-state index in [0.717, 1.165) is 16.6 Å². The van der Waals surface area contributed by atoms with Crippen molar-refractivity contribution in [3.05, 3.63) is 76.0 Å². The van der Waals surface area contributed by atoms with Gasteiger partial charge in [0.1, 0.15) is 0 Å². The summed E-state index contributed by atoms with van der Waals surface area (Å²) in [6.45, 7) is 0. The maximum atomic E-state index is 10.8. The Morgan fingerprint density at radius 3 is 2.68 bits per heavy atom. The van der Waals surface area contributed by atoms with Gasteiger partial charge in [0, 0.05) is 11.5 Å². The minimum atomic E-state index is -0.610. The molecule has 0 radical (unpaired) electrons. The smallest absolute Gasteiger partial charge is 0.311 e. The van der Waals surface area contributed by atoms with Crippen molar-refractivity contribution in [3.63, 3.8) is 0 Å². The largest absolute Gasteiger partial charge is 0.502 e. The lowest BCUT2D eigenvalue weighted by atomic mass is 10.1. The molecule has 0 bridgehead atoms. The number of phenolic OH excluding ortho intramolecular Hbond substituents is 1. The predicted octanol–water partition coefficient (Wildman–Crippen LogP) is 4.02. The van der Waals surface area contributed by atoms with Gasteiger partial charge in [-0.25, -0.2) is 4.98 Å². The number of hydrogen-bond acceptors (Lipinski definition) is 4. The van der Waals surface area contributed by atoms with E-state index < -0.39 is 4.92 Å². The van der Waals surface area contributed by atoms with Crippen LogP contribution in [-0.2, 0) is 0 Å². The summed E-state index contributed by atoms with van der Waals surface area (Å²) in [5.74, 6) is -0.342. The van der Waals surface area contributed by atoms with E-state index in [1.807, 2.05) is 36.4 Å². The van der Waals surface area contributed by atoms with Gasteiger partial charge < -0.3 is 5.11 Å². The van der Waals surface area contributed by atoms with Gasteiger partial charge in [0.25, 0.3) is 0 Å². The van der Waals surface area contributed by atoms with Crippen molar-refractivity contribution in [1.82, 2.24) is 4.98 Å². The second-order valence-corrected chi connectivity index (χ2v) is 4.77. The SMILES string of the molecule is O=[N+]([O-])c1cc(C=Cc2ccc3ccccc3n2)ccc1O. The van der Waals surface area contributed by atoms with Gasteiger partial charge in [-0.15, -0.1) is 0 Å². The molecule has 0 spiro atoms. The predicted molar refractivity (Wildman–Crippen MR) is 85.4 cm³/mol. The Labute approximate surface area is 126 Å². The summed E-state index contributed by atoms with van der Waals surface area (Å²) in [5, 5.41) is 21.3. The van der Waals surface area contributed by atoms with Crippen LogP contribution in [0, 0.1) is 10.1 Å². The molecule has 5 nitrogen and oxygen atoms in total. The zero-order valence-corrected chi connectivity index (χ0v) is 11.5. The zero-order chi connectivity index (χ0) is 15.5. The minimum Gasteiger partial charge on any atom is -0.502 e. The number of benzene rings is 2. The Morgan fingerprint density at radius 2 is 1.86 bits per heavy atom. The van der Waals surface area contributed by atoms with Gasteiger partial charge in [-0.2, -0.15) is 0 Å². The first kappa shape index (κ1) is 13.8. The van der Waals surface area contributed by atoms with Crippen LogP contribution in [0.5, 0.6) is 5.75 Å². The van der Waals surface area contributed by atoms with Gasteiger partial charge >= 0.3 is 5.69 Å². The third-order valence-corrected chi connectivity index (χ3v) is 3.26. The molecule has 0 saturated carbocycles. The molecule has 0 aliphatic carbocycles. The van der Waals surface area contributed by atoms with E-state index in [4.69, 9.17) is 0 Å². The van der Waals surface area contributed by atoms with Crippen molar-refractivity contribution < 1.29 is 10.0 Å². The van der Waals surface area contributed by atoms with Crippen LogP contribution in [0.15, 0.2) is 54.6 Å². The van der Waals surface area contributed by atoms with Crippen LogP contribution in [0.3, 0.4) is 0 Å². The molecule has 1 N–H and O–H groups in total. The monoisotopic (exact) mass is 292 g/mol. The number of nitro benzene ring substituents is 1. The highest BCUT2D eigenvalue weighted by atomic mass is 16.6. The first-order valence-electron chi connectivity index (χ1n) is 6.65. The van der Waals surface area contributed by atoms with Gasteiger partial charge in [0.05, 0.1) is 16.1 Å². The number of hydrogen-bond donors (Lipinski definition) is 1. The van der Waals surface area contributed by atoms with E-state index in [1.165, 1.54) is 12.1 Å². The first-order valence-corrected chi connectivity index (χ1v) is 6.65. The van der Waals surface area contributed by atoms with Crippen LogP contribution in [0.2, 0.25) is 0 Å². The lowest BCUT2D eigenvalue weighted by Crippen LogP contribution is -1.89. The summed E-state index contributed by atoms with van der Waals surface area (Å²) in [6, 6.07) is 15.9. The van der Waals surface area contributed by atoms with Gasteiger partial charge in [0.15, 0.2) is 5.75 Å². The molecular weight excluding hydrogens is 280 g/mol. The van der Waals surface area contributed by atoms with Crippen molar-refractivity contribution in [2.24, 2.45) is 0 Å². The van der Waals surface area contributed by atoms with Crippen molar-refractivity contribution >= 4 is 28.7 Å². The molecule has 0 fully saturated rings. The lowest BCUT2D eigenvalue weighted by molar-refractivity contribution is -0.385. The number of rotatable bonds is 3. The van der Waals surface area contributed by atoms with E-state index in [-0.39, 0.29) is 11.4 Å². The standard InChI is InChI=1S/C17H12N2O3/c20-17-10-6-12(11-16(17)19(21)22)5-8-14-9-7-13-3-1-2-4-15(13)18-14/h1-11,20H. The Hall–Kier alpha value is -3.21. The van der Waals surface area contributed by atoms with Crippen LogP contribution in [0.4, 0.5) is 5.69 Å². The van der Waals surface area contributed by atoms with Crippen LogP contribution in [0.25, 0.3) is 23.1 Å². The molecule has 0 unspecified atom stereocenters. The molecule has 108 valence electrons. The van der Waals surface area contributed by atoms with Crippen LogP contribution < -0.4 is 0 Å². The van der Waals surface area contributed by atoms with Crippen LogP contribution in [0.1, 0.15) is 11.3 Å². The Kier molecular flexibility index (Phi) is 3.53. The molecule has 0 saturated heterocycles. The summed E-state index contributed by atoms with van der Waals surface area (Å²) in [4.78, 5) is 14.7. The fourth-order valence-electron chi connectivity index (χ4n) is 2.15. The quantitative estimate of drug-likeness (QED) is 0.584. The number of fused-ring (bicyclic) bond motifs is 1. The van der Waals surface area contributed by atoms with E-state index in [1.54, 1.807) is 18.2 Å². The normalized spacial score (nSPS) is 11.1. The van der Waals surface area contributed by atoms with E-state index >= 15 is 0 Å². The van der Waals surface area contributed by atoms with Crippen molar-refractivity contribution in [1.29, 1.82) is 0 Å². The number of nitrogens with zero attached hydrogens (tertiary/aromatic N) is 2. The van der Waals surface area contributed by atoms with Crippen LogP contribution >= 0.6 is 0 Å². The third-order valence-electron chi connectivity index (χ3n) is 3.26. The molecular formula is C17H12N2O3. The fourth-order valence-corrected chi connectivity index (χ4v) is 2.15. The number of para-hydroxylation sites is 1. The molecule has 0 aliphatic heterocycles. The molecule has 0 aliphatic rings. The number of phenols is 1. The fraction of sp³-hybridized carbons (Fsp3) is 0. The first-order chi connectivity index (χ1) is 10.6. The van der Waals surface area contributed by atoms with E-state index in [9.17, 15) is 15.2 Å². The van der Waals surface area contributed by atoms with E-state index in [2.05, 4.69) is 4.98 Å². The minimum absolute atomic E-state index is 0.311. The van der Waals surface area contributed by atoms with E-state index in [0.29, 0.717) is 5.56 Å². The molecule has 0 atom stereocenters. The summed E-state index contributed by atoms with van der Waals surface area (Å²) in [5.41, 5.74) is 1.96. The Balaban J connectivity index is 1.92. The molecule has 3 rings (SSSR count). The van der Waals surface area contributed by atoms with Gasteiger partial charge in [-0.05, 0) is 29.8 Å². The average molecular weight is 292 g/mol. The van der Waals surface area contributed by atoms with Crippen LogP contribution in [-0.4, -0.2) is 15.0 Å². The second-order valence-electron chi connectivity index (χ2n) is 4.77. The summed E-state index contributed by atoms with van der Waals surface area (Å²) < 4.78 is 0. The maximum absolute atomic E-state index is 10.8. The zero-order valence-electron chi connectivity index (χ0n) is 11.5. The lowest BCUT2D eigenvalue weighted by Gasteiger charge is -1.99. The highest BCUT2D eigenvalue weighted by Gasteiger charge is 2.12. The molecule has 1 heterocycles.